The van der Waals surface area contributed by atoms with E-state index in [0.29, 0.717) is 0 Å². The van der Waals surface area contributed by atoms with Crippen LogP contribution in [0.4, 0.5) is 0 Å². The molecule has 1 aliphatic carbocycles. The molecular formula is C33H28O4. The summed E-state index contributed by atoms with van der Waals surface area (Å²) in [4.78, 5) is 26.0. The highest BCUT2D eigenvalue weighted by Crippen LogP contribution is 2.44. The molecule has 0 fully saturated rings. The van der Waals surface area contributed by atoms with E-state index in [2.05, 4.69) is 24.3 Å². The van der Waals surface area contributed by atoms with Gasteiger partial charge in [-0.05, 0) is 40.3 Å². The van der Waals surface area contributed by atoms with Gasteiger partial charge in [0.25, 0.3) is 0 Å². The van der Waals surface area contributed by atoms with E-state index in [4.69, 9.17) is 9.47 Å². The van der Waals surface area contributed by atoms with Gasteiger partial charge in [-0.25, -0.2) is 4.79 Å². The van der Waals surface area contributed by atoms with Crippen LogP contribution < -0.4 is 0 Å². The number of rotatable bonds is 8. The van der Waals surface area contributed by atoms with Gasteiger partial charge in [-0.3, -0.25) is 4.79 Å². The Labute approximate surface area is 217 Å². The third-order valence-electron chi connectivity index (χ3n) is 6.75. The Morgan fingerprint density at radius 1 is 0.730 bits per heavy atom. The molecule has 4 aromatic rings. The molecule has 184 valence electrons. The van der Waals surface area contributed by atoms with Crippen LogP contribution in [0.25, 0.3) is 11.1 Å². The van der Waals surface area contributed by atoms with Gasteiger partial charge in [-0.2, -0.15) is 0 Å². The Balaban J connectivity index is 1.26. The summed E-state index contributed by atoms with van der Waals surface area (Å²) in [5.74, 6) is -1.02. The summed E-state index contributed by atoms with van der Waals surface area (Å²) >= 11 is 0. The van der Waals surface area contributed by atoms with Crippen LogP contribution in [0.15, 0.2) is 121 Å². The fraction of sp³-hybridized carbons (Fsp3) is 0.152. The van der Waals surface area contributed by atoms with Crippen LogP contribution in [-0.2, 0) is 19.1 Å². The first-order valence-corrected chi connectivity index (χ1v) is 12.5. The predicted molar refractivity (Wildman–Crippen MR) is 144 cm³/mol. The highest BCUT2D eigenvalue weighted by molar-refractivity contribution is 5.94. The zero-order valence-corrected chi connectivity index (χ0v) is 20.7. The monoisotopic (exact) mass is 488 g/mol. The lowest BCUT2D eigenvalue weighted by atomic mass is 9.98. The second-order valence-corrected chi connectivity index (χ2v) is 9.01. The van der Waals surface area contributed by atoms with Gasteiger partial charge in [-0.15, -0.1) is 0 Å². The van der Waals surface area contributed by atoms with Crippen LogP contribution >= 0.6 is 0 Å². The molecule has 0 N–H and O–H groups in total. The van der Waals surface area contributed by atoms with E-state index < -0.39 is 18.0 Å². The van der Waals surface area contributed by atoms with Crippen LogP contribution in [0.1, 0.15) is 47.6 Å². The minimum atomic E-state index is -0.577. The van der Waals surface area contributed by atoms with Crippen molar-refractivity contribution in [3.05, 3.63) is 143 Å². The molecule has 0 bridgehead atoms. The smallest absolute Gasteiger partial charge is 0.335 e. The Morgan fingerprint density at radius 2 is 1.22 bits per heavy atom. The first-order valence-electron chi connectivity index (χ1n) is 12.5. The molecule has 0 unspecified atom stereocenters. The summed E-state index contributed by atoms with van der Waals surface area (Å²) in [5, 5.41) is 0. The van der Waals surface area contributed by atoms with E-state index in [1.807, 2.05) is 84.9 Å². The maximum Gasteiger partial charge on any atom is 0.335 e. The summed E-state index contributed by atoms with van der Waals surface area (Å²) in [7, 11) is 0. The number of allylic oxidation sites excluding steroid dienone is 1. The first kappa shape index (κ1) is 24.3. The summed E-state index contributed by atoms with van der Waals surface area (Å²) < 4.78 is 11.6. The Hall–Kier alpha value is -4.44. The molecule has 37 heavy (non-hydrogen) atoms. The second kappa shape index (κ2) is 11.1. The highest BCUT2D eigenvalue weighted by Gasteiger charge is 2.29. The first-order chi connectivity index (χ1) is 18.2. The lowest BCUT2D eigenvalue weighted by Gasteiger charge is -2.20. The van der Waals surface area contributed by atoms with Crippen molar-refractivity contribution in [3.8, 4) is 11.1 Å². The lowest BCUT2D eigenvalue weighted by molar-refractivity contribution is -0.148. The normalized spacial score (nSPS) is 12.6. The molecule has 0 saturated heterocycles. The van der Waals surface area contributed by atoms with Gasteiger partial charge in [0.2, 0.25) is 0 Å². The number of fused-ring (bicyclic) bond motifs is 3. The van der Waals surface area contributed by atoms with E-state index in [9.17, 15) is 9.59 Å². The van der Waals surface area contributed by atoms with Crippen molar-refractivity contribution in [1.82, 2.24) is 0 Å². The summed E-state index contributed by atoms with van der Waals surface area (Å²) in [6.07, 6.45) is 0.894. The quantitative estimate of drug-likeness (QED) is 0.198. The van der Waals surface area contributed by atoms with Crippen molar-refractivity contribution in [2.24, 2.45) is 0 Å². The molecule has 0 saturated carbocycles. The van der Waals surface area contributed by atoms with Crippen molar-refractivity contribution in [2.45, 2.75) is 25.4 Å². The highest BCUT2D eigenvalue weighted by atomic mass is 16.5. The number of carbonyl (C=O) groups is 2. The fourth-order valence-corrected chi connectivity index (χ4v) is 4.88. The lowest BCUT2D eigenvalue weighted by Crippen LogP contribution is -2.18. The van der Waals surface area contributed by atoms with E-state index >= 15 is 0 Å². The molecule has 4 nitrogen and oxygen atoms in total. The van der Waals surface area contributed by atoms with Gasteiger partial charge in [-0.1, -0.05) is 115 Å². The Morgan fingerprint density at radius 3 is 1.73 bits per heavy atom. The maximum atomic E-state index is 13.2. The molecule has 0 aliphatic heterocycles. The summed E-state index contributed by atoms with van der Waals surface area (Å²) in [6.45, 7) is 1.95. The Bertz CT molecular complexity index is 1340. The molecule has 0 radical (unpaired) electrons. The standard InChI is InChI=1S/C33H28O4/c1-2-23(33(35)37-32(24-13-5-3-6-14-24)25-15-7-4-8-16-25)21-31(34)36-22-30-28-19-11-9-17-26(28)27-18-10-12-20-29(27)30/h2-20,30,32H,21-22H2,1H3/b23-2+. The van der Waals surface area contributed by atoms with E-state index in [1.54, 1.807) is 13.0 Å². The summed E-state index contributed by atoms with van der Waals surface area (Å²) in [5.41, 5.74) is 6.63. The number of benzene rings is 4. The molecule has 0 aromatic heterocycles. The maximum absolute atomic E-state index is 13.2. The average molecular weight is 489 g/mol. The minimum absolute atomic E-state index is 0.0297. The van der Waals surface area contributed by atoms with Crippen molar-refractivity contribution >= 4 is 11.9 Å². The van der Waals surface area contributed by atoms with E-state index in [0.717, 1.165) is 22.3 Å². The molecule has 5 rings (SSSR count). The van der Waals surface area contributed by atoms with Crippen molar-refractivity contribution in [2.75, 3.05) is 6.61 Å². The van der Waals surface area contributed by atoms with Crippen molar-refractivity contribution in [3.63, 3.8) is 0 Å². The predicted octanol–water partition coefficient (Wildman–Crippen LogP) is 7.01. The SMILES string of the molecule is C/C=C(\CC(=O)OCC1c2ccccc2-c2ccccc21)C(=O)OC(c1ccccc1)c1ccccc1. The van der Waals surface area contributed by atoms with Crippen LogP contribution in [-0.4, -0.2) is 18.5 Å². The molecule has 0 heterocycles. The number of ether oxygens (including phenoxy) is 2. The molecule has 0 spiro atoms. The van der Waals surface area contributed by atoms with Crippen molar-refractivity contribution in [1.29, 1.82) is 0 Å². The number of hydrogen-bond donors (Lipinski definition) is 0. The summed E-state index contributed by atoms with van der Waals surface area (Å²) in [6, 6.07) is 35.6. The number of carbonyl (C=O) groups excluding carboxylic acids is 2. The van der Waals surface area contributed by atoms with Crippen LogP contribution in [0.3, 0.4) is 0 Å². The Kier molecular flexibility index (Phi) is 7.27. The van der Waals surface area contributed by atoms with Gasteiger partial charge >= 0.3 is 11.9 Å². The van der Waals surface area contributed by atoms with Crippen LogP contribution in [0, 0.1) is 0 Å². The van der Waals surface area contributed by atoms with Gasteiger partial charge in [0.15, 0.2) is 6.10 Å². The third kappa shape index (κ3) is 5.24. The molecule has 4 heteroatoms. The van der Waals surface area contributed by atoms with E-state index in [1.165, 1.54) is 11.1 Å². The minimum Gasteiger partial charge on any atom is -0.464 e. The molecule has 1 aliphatic rings. The molecule has 0 atom stereocenters. The van der Waals surface area contributed by atoms with Gasteiger partial charge in [0.1, 0.15) is 6.61 Å². The third-order valence-corrected chi connectivity index (χ3v) is 6.75. The van der Waals surface area contributed by atoms with Crippen LogP contribution in [0.5, 0.6) is 0 Å². The largest absolute Gasteiger partial charge is 0.464 e. The second-order valence-electron chi connectivity index (χ2n) is 9.01. The average Bonchev–Trinajstić information content (AvgIpc) is 3.28. The molecular weight excluding hydrogens is 460 g/mol. The zero-order chi connectivity index (χ0) is 25.6. The van der Waals surface area contributed by atoms with Crippen LogP contribution in [0.2, 0.25) is 0 Å². The topological polar surface area (TPSA) is 52.6 Å². The number of esters is 2. The molecule has 4 aromatic carbocycles. The van der Waals surface area contributed by atoms with Gasteiger partial charge < -0.3 is 9.47 Å². The molecule has 0 amide bonds. The van der Waals surface area contributed by atoms with Gasteiger partial charge in [0, 0.05) is 11.5 Å². The number of hydrogen-bond acceptors (Lipinski definition) is 4. The van der Waals surface area contributed by atoms with Gasteiger partial charge in [0.05, 0.1) is 6.42 Å². The van der Waals surface area contributed by atoms with E-state index in [-0.39, 0.29) is 24.5 Å². The fourth-order valence-electron chi connectivity index (χ4n) is 4.88. The zero-order valence-electron chi connectivity index (χ0n) is 20.7. The van der Waals surface area contributed by atoms with Crippen molar-refractivity contribution < 1.29 is 19.1 Å².